The zero-order valence-corrected chi connectivity index (χ0v) is 18.1. The highest BCUT2D eigenvalue weighted by atomic mass is 35.5. The molecule has 1 N–H and O–H groups in total. The normalized spacial score (nSPS) is 14.6. The Morgan fingerprint density at radius 3 is 2.41 bits per heavy atom. The SMILES string of the molecule is Cc1ccc(OCCOc2ccc(Cl)cc2/C=C2\C(=O)NN(c3ccccc3)C2=O)cc1. The van der Waals surface area contributed by atoms with Crippen LogP contribution >= 0.6 is 11.6 Å². The van der Waals surface area contributed by atoms with E-state index in [0.29, 0.717) is 28.6 Å². The van der Waals surface area contributed by atoms with Crippen LogP contribution in [0.4, 0.5) is 5.69 Å². The van der Waals surface area contributed by atoms with Crippen molar-refractivity contribution in [3.05, 3.63) is 94.5 Å². The summed E-state index contributed by atoms with van der Waals surface area (Å²) >= 11 is 6.15. The minimum Gasteiger partial charge on any atom is -0.490 e. The second-order valence-corrected chi connectivity index (χ2v) is 7.60. The van der Waals surface area contributed by atoms with Gasteiger partial charge in [-0.15, -0.1) is 0 Å². The van der Waals surface area contributed by atoms with Crippen LogP contribution < -0.4 is 19.9 Å². The number of para-hydroxylation sites is 1. The molecule has 0 atom stereocenters. The molecule has 4 rings (SSSR count). The molecule has 0 bridgehead atoms. The van der Waals surface area contributed by atoms with Gasteiger partial charge in [-0.25, -0.2) is 5.01 Å². The average molecular weight is 449 g/mol. The number of hydrogen-bond donors (Lipinski definition) is 1. The largest absolute Gasteiger partial charge is 0.490 e. The highest BCUT2D eigenvalue weighted by molar-refractivity contribution is 6.32. The van der Waals surface area contributed by atoms with Crippen molar-refractivity contribution >= 4 is 35.2 Å². The molecule has 6 nitrogen and oxygen atoms in total. The fourth-order valence-corrected chi connectivity index (χ4v) is 3.36. The molecule has 32 heavy (non-hydrogen) atoms. The van der Waals surface area contributed by atoms with Crippen LogP contribution in [0.15, 0.2) is 78.4 Å². The van der Waals surface area contributed by atoms with Gasteiger partial charge in [0.15, 0.2) is 0 Å². The molecule has 0 aromatic heterocycles. The molecule has 1 heterocycles. The summed E-state index contributed by atoms with van der Waals surface area (Å²) in [5.41, 5.74) is 4.84. The standard InChI is InChI=1S/C25H21ClN2O4/c1-17-7-10-21(11-8-17)31-13-14-32-23-12-9-19(26)15-18(23)16-22-24(29)27-28(25(22)30)20-5-3-2-4-6-20/h2-12,15-16H,13-14H2,1H3,(H,27,29)/b22-16+. The van der Waals surface area contributed by atoms with Crippen LogP contribution in [0.3, 0.4) is 0 Å². The van der Waals surface area contributed by atoms with Crippen LogP contribution in [-0.2, 0) is 9.59 Å². The number of nitrogens with zero attached hydrogens (tertiary/aromatic N) is 1. The fourth-order valence-electron chi connectivity index (χ4n) is 3.18. The van der Waals surface area contributed by atoms with Crippen LogP contribution in [0.5, 0.6) is 11.5 Å². The molecule has 0 unspecified atom stereocenters. The zero-order chi connectivity index (χ0) is 22.5. The van der Waals surface area contributed by atoms with Crippen LogP contribution in [-0.4, -0.2) is 25.0 Å². The lowest BCUT2D eigenvalue weighted by Crippen LogP contribution is -2.35. The molecule has 0 aliphatic carbocycles. The summed E-state index contributed by atoms with van der Waals surface area (Å²) in [7, 11) is 0. The number of halogens is 1. The molecule has 1 fully saturated rings. The maximum atomic E-state index is 12.8. The van der Waals surface area contributed by atoms with E-state index in [-0.39, 0.29) is 12.2 Å². The van der Waals surface area contributed by atoms with Gasteiger partial charge in [0.25, 0.3) is 11.8 Å². The summed E-state index contributed by atoms with van der Waals surface area (Å²) in [6.45, 7) is 2.63. The first kappa shape index (κ1) is 21.5. The van der Waals surface area contributed by atoms with E-state index < -0.39 is 11.8 Å². The number of aryl methyl sites for hydroxylation is 1. The van der Waals surface area contributed by atoms with E-state index in [0.717, 1.165) is 11.3 Å². The molecule has 3 aromatic carbocycles. The Morgan fingerprint density at radius 2 is 1.66 bits per heavy atom. The predicted molar refractivity (Wildman–Crippen MR) is 124 cm³/mol. The molecule has 0 saturated carbocycles. The molecule has 1 aliphatic heterocycles. The van der Waals surface area contributed by atoms with Gasteiger partial charge in [-0.1, -0.05) is 47.5 Å². The molecule has 1 aliphatic rings. The summed E-state index contributed by atoms with van der Waals surface area (Å²) in [5, 5.41) is 1.68. The van der Waals surface area contributed by atoms with Gasteiger partial charge >= 0.3 is 0 Å². The molecule has 7 heteroatoms. The van der Waals surface area contributed by atoms with Gasteiger partial charge in [-0.05, 0) is 55.5 Å². The van der Waals surface area contributed by atoms with Crippen molar-refractivity contribution < 1.29 is 19.1 Å². The first-order chi connectivity index (χ1) is 15.5. The quantitative estimate of drug-likeness (QED) is 0.326. The smallest absolute Gasteiger partial charge is 0.282 e. The molecular formula is C25H21ClN2O4. The van der Waals surface area contributed by atoms with E-state index in [1.54, 1.807) is 42.5 Å². The number of hydrazine groups is 1. The van der Waals surface area contributed by atoms with Crippen molar-refractivity contribution in [2.24, 2.45) is 0 Å². The summed E-state index contributed by atoms with van der Waals surface area (Å²) < 4.78 is 11.5. The Balaban J connectivity index is 1.48. The third-order valence-corrected chi connectivity index (χ3v) is 5.04. The number of benzene rings is 3. The zero-order valence-electron chi connectivity index (χ0n) is 17.4. The topological polar surface area (TPSA) is 67.9 Å². The molecule has 1 saturated heterocycles. The third kappa shape index (κ3) is 4.92. The van der Waals surface area contributed by atoms with E-state index in [1.165, 1.54) is 11.1 Å². The Labute approximate surface area is 191 Å². The number of carbonyl (C=O) groups excluding carboxylic acids is 2. The van der Waals surface area contributed by atoms with Crippen molar-refractivity contribution in [3.8, 4) is 11.5 Å². The van der Waals surface area contributed by atoms with Crippen molar-refractivity contribution in [2.75, 3.05) is 18.2 Å². The van der Waals surface area contributed by atoms with Crippen LogP contribution in [0, 0.1) is 6.92 Å². The fraction of sp³-hybridized carbons (Fsp3) is 0.120. The molecule has 0 spiro atoms. The van der Waals surface area contributed by atoms with E-state index in [2.05, 4.69) is 5.43 Å². The monoisotopic (exact) mass is 448 g/mol. The number of hydrogen-bond acceptors (Lipinski definition) is 4. The maximum absolute atomic E-state index is 12.8. The van der Waals surface area contributed by atoms with Crippen LogP contribution in [0.1, 0.15) is 11.1 Å². The van der Waals surface area contributed by atoms with E-state index in [9.17, 15) is 9.59 Å². The van der Waals surface area contributed by atoms with Crippen molar-refractivity contribution in [2.45, 2.75) is 6.92 Å². The minimum atomic E-state index is -0.493. The Bertz CT molecular complexity index is 1160. The van der Waals surface area contributed by atoms with E-state index >= 15 is 0 Å². The van der Waals surface area contributed by atoms with Gasteiger partial charge in [0.05, 0.1) is 5.69 Å². The van der Waals surface area contributed by atoms with Crippen LogP contribution in [0.2, 0.25) is 5.02 Å². The highest BCUT2D eigenvalue weighted by Gasteiger charge is 2.34. The summed E-state index contributed by atoms with van der Waals surface area (Å²) in [6.07, 6.45) is 1.49. The van der Waals surface area contributed by atoms with E-state index in [1.807, 2.05) is 37.3 Å². The summed E-state index contributed by atoms with van der Waals surface area (Å²) in [5.74, 6) is 0.308. The number of amides is 2. The van der Waals surface area contributed by atoms with Gasteiger partial charge in [0.2, 0.25) is 0 Å². The lowest BCUT2D eigenvalue weighted by Gasteiger charge is -2.14. The number of carbonyl (C=O) groups is 2. The number of rotatable bonds is 7. The van der Waals surface area contributed by atoms with E-state index in [4.69, 9.17) is 21.1 Å². The average Bonchev–Trinajstić information content (AvgIpc) is 3.08. The van der Waals surface area contributed by atoms with Crippen molar-refractivity contribution in [1.29, 1.82) is 0 Å². The Hall–Kier alpha value is -3.77. The first-order valence-corrected chi connectivity index (χ1v) is 10.4. The molecular weight excluding hydrogens is 428 g/mol. The molecule has 162 valence electrons. The predicted octanol–water partition coefficient (Wildman–Crippen LogP) is 4.57. The third-order valence-electron chi connectivity index (χ3n) is 4.81. The summed E-state index contributed by atoms with van der Waals surface area (Å²) in [4.78, 5) is 25.3. The van der Waals surface area contributed by atoms with Gasteiger partial charge in [0, 0.05) is 10.6 Å². The van der Waals surface area contributed by atoms with Gasteiger partial charge in [0.1, 0.15) is 30.3 Å². The number of anilines is 1. The lowest BCUT2D eigenvalue weighted by molar-refractivity contribution is -0.117. The second kappa shape index (κ2) is 9.58. The Kier molecular flexibility index (Phi) is 6.42. The van der Waals surface area contributed by atoms with Crippen molar-refractivity contribution in [3.63, 3.8) is 0 Å². The van der Waals surface area contributed by atoms with Gasteiger partial charge < -0.3 is 9.47 Å². The molecule has 3 aromatic rings. The number of nitrogens with one attached hydrogen (secondary N) is 1. The number of ether oxygens (including phenoxy) is 2. The van der Waals surface area contributed by atoms with Gasteiger partial charge in [-0.3, -0.25) is 15.0 Å². The van der Waals surface area contributed by atoms with Crippen molar-refractivity contribution in [1.82, 2.24) is 5.43 Å². The minimum absolute atomic E-state index is 0.00289. The maximum Gasteiger partial charge on any atom is 0.282 e. The second-order valence-electron chi connectivity index (χ2n) is 7.17. The first-order valence-electron chi connectivity index (χ1n) is 10.1. The molecule has 0 radical (unpaired) electrons. The summed E-state index contributed by atoms with van der Waals surface area (Å²) in [6, 6.07) is 21.7. The van der Waals surface area contributed by atoms with Gasteiger partial charge in [-0.2, -0.15) is 0 Å². The highest BCUT2D eigenvalue weighted by Crippen LogP contribution is 2.28. The Morgan fingerprint density at radius 1 is 0.938 bits per heavy atom. The lowest BCUT2D eigenvalue weighted by atomic mass is 10.1. The van der Waals surface area contributed by atoms with Crippen LogP contribution in [0.25, 0.3) is 6.08 Å². The molecule has 2 amide bonds.